The highest BCUT2D eigenvalue weighted by molar-refractivity contribution is 6.07. The van der Waals surface area contributed by atoms with Gasteiger partial charge in [-0.3, -0.25) is 9.59 Å². The van der Waals surface area contributed by atoms with Crippen molar-refractivity contribution in [1.29, 1.82) is 0 Å². The lowest BCUT2D eigenvalue weighted by Crippen LogP contribution is -2.30. The molecule has 2 aromatic heterocycles. The average Bonchev–Trinajstić information content (AvgIpc) is 3.30. The van der Waals surface area contributed by atoms with E-state index >= 15 is 0 Å². The van der Waals surface area contributed by atoms with Gasteiger partial charge in [-0.25, -0.2) is 4.98 Å². The summed E-state index contributed by atoms with van der Waals surface area (Å²) in [5, 5.41) is 7.55. The van der Waals surface area contributed by atoms with Gasteiger partial charge in [0.05, 0.1) is 22.3 Å². The summed E-state index contributed by atoms with van der Waals surface area (Å²) in [6.07, 6.45) is 2.28. The van der Waals surface area contributed by atoms with E-state index in [0.29, 0.717) is 47.6 Å². The van der Waals surface area contributed by atoms with Gasteiger partial charge in [-0.1, -0.05) is 35.5 Å². The molecular formula is C21H22N4O3. The number of pyridine rings is 1. The van der Waals surface area contributed by atoms with Crippen LogP contribution in [0.5, 0.6) is 0 Å². The molecule has 0 saturated carbocycles. The van der Waals surface area contributed by atoms with Crippen molar-refractivity contribution in [3.63, 3.8) is 0 Å². The minimum atomic E-state index is -0.191. The summed E-state index contributed by atoms with van der Waals surface area (Å²) in [6, 6.07) is 11.4. The third-order valence-corrected chi connectivity index (χ3v) is 4.99. The predicted molar refractivity (Wildman–Crippen MR) is 105 cm³/mol. The van der Waals surface area contributed by atoms with Crippen LogP contribution in [-0.4, -0.2) is 46.5 Å². The summed E-state index contributed by atoms with van der Waals surface area (Å²) < 4.78 is 5.32. The number of aromatic nitrogens is 2. The Morgan fingerprint density at radius 1 is 1.29 bits per heavy atom. The summed E-state index contributed by atoms with van der Waals surface area (Å²) in [7, 11) is 0. The quantitative estimate of drug-likeness (QED) is 0.666. The lowest BCUT2D eigenvalue weighted by atomic mass is 10.1. The SMILES string of the molecule is Cc1noc2nc(-c3ccccc3)cc(C(=O)NCCCN3CCCC3=O)c12. The lowest BCUT2D eigenvalue weighted by molar-refractivity contribution is -0.127. The Labute approximate surface area is 162 Å². The van der Waals surface area contributed by atoms with Crippen molar-refractivity contribution in [2.75, 3.05) is 19.6 Å². The minimum Gasteiger partial charge on any atom is -0.352 e. The van der Waals surface area contributed by atoms with Crippen LogP contribution < -0.4 is 5.32 Å². The van der Waals surface area contributed by atoms with E-state index in [0.717, 1.165) is 24.9 Å². The number of aryl methyl sites for hydroxylation is 1. The lowest BCUT2D eigenvalue weighted by Gasteiger charge is -2.15. The fourth-order valence-corrected chi connectivity index (χ4v) is 3.54. The molecule has 28 heavy (non-hydrogen) atoms. The number of benzene rings is 1. The first-order valence-electron chi connectivity index (χ1n) is 9.52. The van der Waals surface area contributed by atoms with Gasteiger partial charge < -0.3 is 14.7 Å². The predicted octanol–water partition coefficient (Wildman–Crippen LogP) is 2.94. The Morgan fingerprint density at radius 2 is 2.11 bits per heavy atom. The van der Waals surface area contributed by atoms with E-state index in [1.807, 2.05) is 35.2 Å². The normalized spacial score (nSPS) is 14.0. The molecule has 0 bridgehead atoms. The number of hydrogen-bond donors (Lipinski definition) is 1. The van der Waals surface area contributed by atoms with E-state index in [9.17, 15) is 9.59 Å². The number of carbonyl (C=O) groups excluding carboxylic acids is 2. The molecule has 0 radical (unpaired) electrons. The molecule has 1 aliphatic rings. The zero-order valence-electron chi connectivity index (χ0n) is 15.8. The van der Waals surface area contributed by atoms with Crippen molar-refractivity contribution in [2.24, 2.45) is 0 Å². The number of rotatable bonds is 6. The van der Waals surface area contributed by atoms with Crippen LogP contribution in [0.2, 0.25) is 0 Å². The first-order chi connectivity index (χ1) is 13.6. The number of nitrogens with one attached hydrogen (secondary N) is 1. The third-order valence-electron chi connectivity index (χ3n) is 4.99. The number of likely N-dealkylation sites (tertiary alicyclic amines) is 1. The first-order valence-corrected chi connectivity index (χ1v) is 9.52. The van der Waals surface area contributed by atoms with Crippen LogP contribution in [0.15, 0.2) is 40.9 Å². The van der Waals surface area contributed by atoms with Gasteiger partial charge in [0.2, 0.25) is 5.91 Å². The van der Waals surface area contributed by atoms with Gasteiger partial charge in [-0.2, -0.15) is 0 Å². The summed E-state index contributed by atoms with van der Waals surface area (Å²) in [6.45, 7) is 3.79. The van der Waals surface area contributed by atoms with E-state index in [4.69, 9.17) is 4.52 Å². The van der Waals surface area contributed by atoms with E-state index in [-0.39, 0.29) is 11.8 Å². The van der Waals surface area contributed by atoms with Gasteiger partial charge in [-0.05, 0) is 25.8 Å². The fraction of sp³-hybridized carbons (Fsp3) is 0.333. The Balaban J connectivity index is 1.52. The van der Waals surface area contributed by atoms with Gasteiger partial charge in [0.1, 0.15) is 0 Å². The molecule has 7 heteroatoms. The molecule has 1 aliphatic heterocycles. The molecule has 7 nitrogen and oxygen atoms in total. The smallest absolute Gasteiger partial charge is 0.259 e. The fourth-order valence-electron chi connectivity index (χ4n) is 3.54. The third kappa shape index (κ3) is 3.60. The highest BCUT2D eigenvalue weighted by Gasteiger charge is 2.21. The standard InChI is InChI=1S/C21H22N4O3/c1-14-19-16(20(27)22-10-6-12-25-11-5-9-18(25)26)13-17(23-21(19)28-24-14)15-7-3-2-4-8-15/h2-4,7-8,13H,5-6,9-12H2,1H3,(H,22,27). The van der Waals surface area contributed by atoms with Gasteiger partial charge in [0, 0.05) is 31.6 Å². The largest absolute Gasteiger partial charge is 0.352 e. The zero-order valence-corrected chi connectivity index (χ0v) is 15.8. The molecule has 1 aromatic carbocycles. The van der Waals surface area contributed by atoms with Crippen LogP contribution in [0, 0.1) is 6.92 Å². The molecule has 0 spiro atoms. The summed E-state index contributed by atoms with van der Waals surface area (Å²) in [4.78, 5) is 30.9. The summed E-state index contributed by atoms with van der Waals surface area (Å²) in [5.74, 6) is 0.0124. The molecule has 144 valence electrons. The van der Waals surface area contributed by atoms with Gasteiger partial charge in [-0.15, -0.1) is 0 Å². The topological polar surface area (TPSA) is 88.3 Å². The Bertz CT molecular complexity index is 1010. The summed E-state index contributed by atoms with van der Waals surface area (Å²) >= 11 is 0. The van der Waals surface area contributed by atoms with Crippen molar-refractivity contribution in [3.8, 4) is 11.3 Å². The maximum absolute atomic E-state index is 12.9. The molecule has 1 saturated heterocycles. The second-order valence-electron chi connectivity index (χ2n) is 6.96. The number of nitrogens with zero attached hydrogens (tertiary/aromatic N) is 3. The Hall–Kier alpha value is -3.22. The Kier molecular flexibility index (Phi) is 5.06. The second kappa shape index (κ2) is 7.80. The zero-order chi connectivity index (χ0) is 19.5. The van der Waals surface area contributed by atoms with Crippen molar-refractivity contribution in [2.45, 2.75) is 26.2 Å². The van der Waals surface area contributed by atoms with Crippen molar-refractivity contribution >= 4 is 22.9 Å². The maximum atomic E-state index is 12.9. The number of amides is 2. The van der Waals surface area contributed by atoms with Crippen LogP contribution in [0.3, 0.4) is 0 Å². The molecule has 0 atom stereocenters. The van der Waals surface area contributed by atoms with Gasteiger partial charge in [0.25, 0.3) is 11.6 Å². The molecule has 1 N–H and O–H groups in total. The van der Waals surface area contributed by atoms with Crippen molar-refractivity contribution < 1.29 is 14.1 Å². The molecular weight excluding hydrogens is 356 g/mol. The minimum absolute atomic E-state index is 0.191. The van der Waals surface area contributed by atoms with Crippen LogP contribution >= 0.6 is 0 Å². The first kappa shape index (κ1) is 18.2. The molecule has 2 amide bonds. The molecule has 3 heterocycles. The average molecular weight is 378 g/mol. The summed E-state index contributed by atoms with van der Waals surface area (Å²) in [5.41, 5.74) is 3.05. The number of fused-ring (bicyclic) bond motifs is 1. The van der Waals surface area contributed by atoms with Gasteiger partial charge in [0.15, 0.2) is 0 Å². The van der Waals surface area contributed by atoms with Gasteiger partial charge >= 0.3 is 0 Å². The van der Waals surface area contributed by atoms with E-state index in [1.165, 1.54) is 0 Å². The van der Waals surface area contributed by atoms with Crippen LogP contribution in [0.4, 0.5) is 0 Å². The van der Waals surface area contributed by atoms with Crippen LogP contribution in [-0.2, 0) is 4.79 Å². The van der Waals surface area contributed by atoms with Crippen molar-refractivity contribution in [3.05, 3.63) is 47.7 Å². The van der Waals surface area contributed by atoms with Crippen LogP contribution in [0.1, 0.15) is 35.3 Å². The van der Waals surface area contributed by atoms with E-state index in [1.54, 1.807) is 13.0 Å². The highest BCUT2D eigenvalue weighted by atomic mass is 16.5. The maximum Gasteiger partial charge on any atom is 0.259 e. The van der Waals surface area contributed by atoms with Crippen molar-refractivity contribution in [1.82, 2.24) is 20.4 Å². The van der Waals surface area contributed by atoms with E-state index < -0.39 is 0 Å². The molecule has 4 rings (SSSR count). The number of hydrogen-bond acceptors (Lipinski definition) is 5. The second-order valence-corrected chi connectivity index (χ2v) is 6.96. The molecule has 3 aromatic rings. The molecule has 0 unspecified atom stereocenters. The molecule has 0 aliphatic carbocycles. The Morgan fingerprint density at radius 3 is 2.86 bits per heavy atom. The monoisotopic (exact) mass is 378 g/mol. The molecule has 1 fully saturated rings. The number of carbonyl (C=O) groups is 2. The highest BCUT2D eigenvalue weighted by Crippen LogP contribution is 2.26. The van der Waals surface area contributed by atoms with E-state index in [2.05, 4.69) is 15.5 Å². The van der Waals surface area contributed by atoms with Crippen LogP contribution in [0.25, 0.3) is 22.4 Å².